The Kier molecular flexibility index (Phi) is 9.12. The Morgan fingerprint density at radius 3 is 0.841 bits per heavy atom. The standard InChI is InChI=1S/C76H48N2O4/c1-75(59-29-9-3-19-47(59)49-41-39-45(43-61(49)75)77(63-31-15-25-55-51-21-5-11-35-67(51)79-71(55)63)64-32-16-26-56-52-22-6-12-36-68(52)80-72(56)64)76(2)60-30-10-4-20-48(60)50-42-40-46(44-62(50)76)78(65-33-17-27-57-53-23-7-13-37-69(53)81-73(57)65)66-34-18-28-58-54-24-8-14-38-70(54)82-74(58)66/h3-44H,1-2H3. The maximum atomic E-state index is 6.92. The van der Waals surface area contributed by atoms with Crippen LogP contribution < -0.4 is 9.80 Å². The zero-order chi connectivity index (χ0) is 54.0. The average Bonchev–Trinajstić information content (AvgIpc) is 4.01. The van der Waals surface area contributed by atoms with Gasteiger partial charge in [0.2, 0.25) is 0 Å². The van der Waals surface area contributed by atoms with Crippen molar-refractivity contribution in [2.75, 3.05) is 9.80 Å². The summed E-state index contributed by atoms with van der Waals surface area (Å²) in [5, 5.41) is 8.52. The monoisotopic (exact) mass is 1050 g/mol. The minimum atomic E-state index is -0.639. The Hall–Kier alpha value is -10.6. The third-order valence-electron chi connectivity index (χ3n) is 18.6. The van der Waals surface area contributed by atoms with Crippen molar-refractivity contribution in [3.05, 3.63) is 277 Å². The molecule has 6 heteroatoms. The van der Waals surface area contributed by atoms with Crippen LogP contribution in [0.2, 0.25) is 0 Å². The molecule has 0 fully saturated rings. The van der Waals surface area contributed by atoms with Gasteiger partial charge in [-0.15, -0.1) is 0 Å². The van der Waals surface area contributed by atoms with Crippen LogP contribution in [0, 0.1) is 0 Å². The third kappa shape index (κ3) is 5.92. The first-order valence-electron chi connectivity index (χ1n) is 28.1. The van der Waals surface area contributed by atoms with Crippen LogP contribution >= 0.6 is 0 Å². The van der Waals surface area contributed by atoms with Crippen molar-refractivity contribution >= 4 is 122 Å². The molecule has 12 aromatic carbocycles. The fourth-order valence-electron chi connectivity index (χ4n) is 14.8. The van der Waals surface area contributed by atoms with E-state index in [9.17, 15) is 0 Å². The predicted molar refractivity (Wildman–Crippen MR) is 335 cm³/mol. The second-order valence-corrected chi connectivity index (χ2v) is 22.5. The Bertz CT molecular complexity index is 4820. The van der Waals surface area contributed by atoms with Gasteiger partial charge >= 0.3 is 0 Å². The summed E-state index contributed by atoms with van der Waals surface area (Å²) in [4.78, 5) is 4.73. The van der Waals surface area contributed by atoms with Gasteiger partial charge in [0.05, 0.1) is 22.7 Å². The van der Waals surface area contributed by atoms with Gasteiger partial charge in [0.1, 0.15) is 22.3 Å². The molecule has 2 aliphatic rings. The minimum Gasteiger partial charge on any atom is -0.454 e. The summed E-state index contributed by atoms with van der Waals surface area (Å²) < 4.78 is 27.7. The van der Waals surface area contributed by atoms with Gasteiger partial charge in [-0.05, 0) is 117 Å². The van der Waals surface area contributed by atoms with Gasteiger partial charge in [-0.25, -0.2) is 0 Å². The van der Waals surface area contributed by atoms with E-state index in [1.54, 1.807) is 0 Å². The predicted octanol–water partition coefficient (Wildman–Crippen LogP) is 21.5. The molecule has 4 heterocycles. The summed E-state index contributed by atoms with van der Waals surface area (Å²) in [5.74, 6) is 0. The van der Waals surface area contributed by atoms with E-state index >= 15 is 0 Å². The molecule has 0 bridgehead atoms. The van der Waals surface area contributed by atoms with E-state index in [1.807, 2.05) is 24.3 Å². The summed E-state index contributed by atoms with van der Waals surface area (Å²) in [6.45, 7) is 4.98. The zero-order valence-corrected chi connectivity index (χ0v) is 44.8. The molecule has 0 saturated heterocycles. The second-order valence-electron chi connectivity index (χ2n) is 22.5. The molecule has 16 aromatic rings. The van der Waals surface area contributed by atoms with Crippen LogP contribution in [0.3, 0.4) is 0 Å². The van der Waals surface area contributed by atoms with E-state index in [4.69, 9.17) is 17.7 Å². The Labute approximate surface area is 470 Å². The van der Waals surface area contributed by atoms with Crippen LogP contribution in [-0.4, -0.2) is 0 Å². The number of nitrogens with zero attached hydrogens (tertiary/aromatic N) is 2. The molecule has 386 valence electrons. The quantitative estimate of drug-likeness (QED) is 0.159. The molecule has 2 aliphatic carbocycles. The normalized spacial score (nSPS) is 16.3. The van der Waals surface area contributed by atoms with Crippen molar-refractivity contribution < 1.29 is 17.7 Å². The lowest BCUT2D eigenvalue weighted by Gasteiger charge is -2.45. The van der Waals surface area contributed by atoms with E-state index in [0.717, 1.165) is 122 Å². The van der Waals surface area contributed by atoms with E-state index in [1.165, 1.54) is 44.5 Å². The van der Waals surface area contributed by atoms with E-state index in [2.05, 4.69) is 254 Å². The lowest BCUT2D eigenvalue weighted by molar-refractivity contribution is 0.376. The smallest absolute Gasteiger partial charge is 0.159 e. The molecular weight excluding hydrogens is 1000 g/mol. The summed E-state index contributed by atoms with van der Waals surface area (Å²) in [5.41, 5.74) is 20.9. The highest BCUT2D eigenvalue weighted by Crippen LogP contribution is 2.66. The summed E-state index contributed by atoms with van der Waals surface area (Å²) in [7, 11) is 0. The zero-order valence-electron chi connectivity index (χ0n) is 44.8. The molecule has 2 unspecified atom stereocenters. The van der Waals surface area contributed by atoms with Crippen LogP contribution in [0.25, 0.3) is 110 Å². The molecule has 0 saturated carbocycles. The van der Waals surface area contributed by atoms with Crippen molar-refractivity contribution in [1.29, 1.82) is 0 Å². The molecule has 0 amide bonds. The molecule has 2 atom stereocenters. The number of anilines is 6. The first-order chi connectivity index (χ1) is 40.4. The number of rotatable bonds is 7. The summed E-state index contributed by atoms with van der Waals surface area (Å²) >= 11 is 0. The van der Waals surface area contributed by atoms with Crippen LogP contribution in [0.5, 0.6) is 0 Å². The van der Waals surface area contributed by atoms with E-state index in [0.29, 0.717) is 0 Å². The molecule has 18 rings (SSSR count). The number of furan rings is 4. The number of hydrogen-bond acceptors (Lipinski definition) is 6. The van der Waals surface area contributed by atoms with Gasteiger partial charge < -0.3 is 27.5 Å². The first-order valence-corrected chi connectivity index (χ1v) is 28.1. The highest BCUT2D eigenvalue weighted by Gasteiger charge is 2.58. The van der Waals surface area contributed by atoms with E-state index in [-0.39, 0.29) is 0 Å². The molecule has 82 heavy (non-hydrogen) atoms. The average molecular weight is 1050 g/mol. The largest absolute Gasteiger partial charge is 0.454 e. The SMILES string of the molecule is CC1(C2(C)c3ccccc3-c3ccc(N(c4cccc5c4oc4ccccc45)c4cccc5c4oc4ccccc45)cc32)c2ccccc2-c2ccc(N(c3cccc4c3oc3ccccc34)c3cccc4c3oc3ccccc34)cc21. The van der Waals surface area contributed by atoms with Crippen LogP contribution in [-0.2, 0) is 10.8 Å². The van der Waals surface area contributed by atoms with E-state index < -0.39 is 10.8 Å². The molecule has 0 N–H and O–H groups in total. The minimum absolute atomic E-state index is 0.639. The van der Waals surface area contributed by atoms with Crippen molar-refractivity contribution in [3.63, 3.8) is 0 Å². The van der Waals surface area contributed by atoms with Crippen molar-refractivity contribution in [2.24, 2.45) is 0 Å². The third-order valence-corrected chi connectivity index (χ3v) is 18.6. The second kappa shape index (κ2) is 16.5. The van der Waals surface area contributed by atoms with Crippen molar-refractivity contribution in [1.82, 2.24) is 0 Å². The van der Waals surface area contributed by atoms with Gasteiger partial charge in [0, 0.05) is 65.3 Å². The number of benzene rings is 12. The molecule has 0 spiro atoms. The fourth-order valence-corrected chi connectivity index (χ4v) is 14.8. The molecule has 0 aliphatic heterocycles. The van der Waals surface area contributed by atoms with Crippen LogP contribution in [0.15, 0.2) is 272 Å². The van der Waals surface area contributed by atoms with Gasteiger partial charge in [-0.1, -0.05) is 196 Å². The van der Waals surface area contributed by atoms with Crippen LogP contribution in [0.1, 0.15) is 36.1 Å². The van der Waals surface area contributed by atoms with Crippen molar-refractivity contribution in [3.8, 4) is 22.3 Å². The number of fused-ring (bicyclic) bond motifs is 18. The van der Waals surface area contributed by atoms with Gasteiger partial charge in [0.25, 0.3) is 0 Å². The molecular formula is C76H48N2O4. The van der Waals surface area contributed by atoms with Crippen LogP contribution in [0.4, 0.5) is 34.1 Å². The van der Waals surface area contributed by atoms with Gasteiger partial charge in [0.15, 0.2) is 22.3 Å². The van der Waals surface area contributed by atoms with Gasteiger partial charge in [-0.3, -0.25) is 0 Å². The lowest BCUT2D eigenvalue weighted by atomic mass is 9.56. The fraction of sp³-hybridized carbons (Fsp3) is 0.0526. The first kappa shape index (κ1) is 45.3. The molecule has 4 aromatic heterocycles. The topological polar surface area (TPSA) is 59.0 Å². The summed E-state index contributed by atoms with van der Waals surface area (Å²) in [6.07, 6.45) is 0. The number of para-hydroxylation sites is 8. The molecule has 0 radical (unpaired) electrons. The Balaban J connectivity index is 0.894. The Morgan fingerprint density at radius 2 is 0.512 bits per heavy atom. The van der Waals surface area contributed by atoms with Gasteiger partial charge in [-0.2, -0.15) is 0 Å². The van der Waals surface area contributed by atoms with Crippen molar-refractivity contribution in [2.45, 2.75) is 24.7 Å². The Morgan fingerprint density at radius 1 is 0.244 bits per heavy atom. The lowest BCUT2D eigenvalue weighted by Crippen LogP contribution is -2.44. The highest BCUT2D eigenvalue weighted by molar-refractivity contribution is 6.16. The maximum absolute atomic E-state index is 6.92. The molecule has 6 nitrogen and oxygen atoms in total. The summed E-state index contributed by atoms with van der Waals surface area (Å²) in [6, 6.07) is 91.7. The number of hydrogen-bond donors (Lipinski definition) is 0. The highest BCUT2D eigenvalue weighted by atomic mass is 16.3. The maximum Gasteiger partial charge on any atom is 0.159 e.